The molecule has 36 heavy (non-hydrogen) atoms. The molecule has 11 heteroatoms. The van der Waals surface area contributed by atoms with Crippen LogP contribution in [0.3, 0.4) is 0 Å². The second-order valence-electron chi connectivity index (χ2n) is 8.30. The number of anilines is 1. The molecule has 0 atom stereocenters. The lowest BCUT2D eigenvalue weighted by Crippen LogP contribution is -2.38. The quantitative estimate of drug-likeness (QED) is 0.371. The van der Waals surface area contributed by atoms with Crippen molar-refractivity contribution >= 4 is 39.6 Å². The minimum absolute atomic E-state index is 0.102. The number of likely N-dealkylation sites (tertiary alicyclic amines) is 1. The Hall–Kier alpha value is -3.99. The predicted octanol–water partition coefficient (Wildman–Crippen LogP) is 5.01. The number of ether oxygens (including phenoxy) is 2. The van der Waals surface area contributed by atoms with Crippen LogP contribution in [0.1, 0.15) is 30.0 Å². The summed E-state index contributed by atoms with van der Waals surface area (Å²) in [7, 11) is 0. The Morgan fingerprint density at radius 2 is 1.89 bits per heavy atom. The molecular weight excluding hydrogens is 528 g/mol. The fourth-order valence-electron chi connectivity index (χ4n) is 4.07. The molecule has 1 N–H and O–H groups in total. The molecule has 0 radical (unpaired) electrons. The van der Waals surface area contributed by atoms with E-state index in [1.165, 1.54) is 10.7 Å². The van der Waals surface area contributed by atoms with Crippen molar-refractivity contribution in [3.63, 3.8) is 0 Å². The SMILES string of the molecule is O=C(Nc1cc(C2CCN(C(=O)OCc3ccccc3)CC2)nc2c(Br)cnn12)Oc1cccnc1. The number of hydrogen-bond acceptors (Lipinski definition) is 7. The second kappa shape index (κ2) is 10.7. The van der Waals surface area contributed by atoms with Gasteiger partial charge in [0.05, 0.1) is 16.9 Å². The van der Waals surface area contributed by atoms with E-state index >= 15 is 0 Å². The summed E-state index contributed by atoms with van der Waals surface area (Å²) in [5, 5.41) is 7.05. The molecular formula is C25H23BrN6O4. The number of carbonyl (C=O) groups excluding carboxylic acids is 2. The molecule has 1 aliphatic heterocycles. The number of carbonyl (C=O) groups is 2. The third kappa shape index (κ3) is 5.46. The maximum atomic E-state index is 12.5. The monoisotopic (exact) mass is 550 g/mol. The van der Waals surface area contributed by atoms with E-state index in [0.29, 0.717) is 34.8 Å². The van der Waals surface area contributed by atoms with E-state index in [2.05, 4.69) is 31.3 Å². The van der Waals surface area contributed by atoms with Gasteiger partial charge in [-0.1, -0.05) is 30.3 Å². The van der Waals surface area contributed by atoms with Gasteiger partial charge in [-0.05, 0) is 46.5 Å². The average molecular weight is 551 g/mol. The van der Waals surface area contributed by atoms with Crippen LogP contribution < -0.4 is 10.1 Å². The molecule has 1 fully saturated rings. The van der Waals surface area contributed by atoms with E-state index in [-0.39, 0.29) is 18.6 Å². The molecule has 10 nitrogen and oxygen atoms in total. The zero-order valence-corrected chi connectivity index (χ0v) is 20.8. The van der Waals surface area contributed by atoms with Gasteiger partial charge in [0.25, 0.3) is 0 Å². The first-order valence-corrected chi connectivity index (χ1v) is 12.2. The van der Waals surface area contributed by atoms with E-state index in [4.69, 9.17) is 14.5 Å². The van der Waals surface area contributed by atoms with E-state index < -0.39 is 6.09 Å². The number of fused-ring (bicyclic) bond motifs is 1. The van der Waals surface area contributed by atoms with E-state index in [1.54, 1.807) is 35.5 Å². The Morgan fingerprint density at radius 1 is 1.08 bits per heavy atom. The first-order chi connectivity index (χ1) is 17.6. The lowest BCUT2D eigenvalue weighted by molar-refractivity contribution is 0.0868. The van der Waals surface area contributed by atoms with Crippen molar-refractivity contribution in [3.05, 3.63) is 82.9 Å². The number of hydrogen-bond donors (Lipinski definition) is 1. The van der Waals surface area contributed by atoms with E-state index in [0.717, 1.165) is 24.1 Å². The lowest BCUT2D eigenvalue weighted by Gasteiger charge is -2.31. The largest absolute Gasteiger partial charge is 0.445 e. The molecule has 0 bridgehead atoms. The number of nitrogens with zero attached hydrogens (tertiary/aromatic N) is 5. The summed E-state index contributed by atoms with van der Waals surface area (Å²) < 4.78 is 13.0. The van der Waals surface area contributed by atoms with Crippen molar-refractivity contribution in [2.45, 2.75) is 25.4 Å². The minimum atomic E-state index is -0.663. The van der Waals surface area contributed by atoms with Crippen molar-refractivity contribution in [2.75, 3.05) is 18.4 Å². The van der Waals surface area contributed by atoms with Crippen LogP contribution in [-0.4, -0.2) is 49.8 Å². The zero-order chi connectivity index (χ0) is 24.9. The highest BCUT2D eigenvalue weighted by Gasteiger charge is 2.27. The summed E-state index contributed by atoms with van der Waals surface area (Å²) in [5.41, 5.74) is 2.33. The van der Waals surface area contributed by atoms with Crippen LogP contribution >= 0.6 is 15.9 Å². The summed E-state index contributed by atoms with van der Waals surface area (Å²) in [6.07, 6.45) is 5.12. The molecule has 5 rings (SSSR count). The van der Waals surface area contributed by atoms with Gasteiger partial charge in [0.2, 0.25) is 0 Å². The number of rotatable bonds is 5. The Bertz CT molecular complexity index is 1360. The fraction of sp³-hybridized carbons (Fsp3) is 0.240. The number of nitrogens with one attached hydrogen (secondary N) is 1. The van der Waals surface area contributed by atoms with Crippen LogP contribution in [0.4, 0.5) is 15.4 Å². The number of aromatic nitrogens is 4. The van der Waals surface area contributed by atoms with Crippen molar-refractivity contribution in [1.82, 2.24) is 24.5 Å². The normalized spacial score (nSPS) is 14.0. The van der Waals surface area contributed by atoms with Crippen LogP contribution in [0.15, 0.2) is 71.6 Å². The summed E-state index contributed by atoms with van der Waals surface area (Å²) in [5.74, 6) is 0.859. The van der Waals surface area contributed by atoms with Crippen LogP contribution in [0.25, 0.3) is 5.65 Å². The van der Waals surface area contributed by atoms with Crippen LogP contribution in [0, 0.1) is 0 Å². The molecule has 2 amide bonds. The van der Waals surface area contributed by atoms with Crippen LogP contribution in [0.2, 0.25) is 0 Å². The number of benzene rings is 1. The van der Waals surface area contributed by atoms with Gasteiger partial charge in [0.1, 0.15) is 12.4 Å². The number of halogens is 1. The van der Waals surface area contributed by atoms with Gasteiger partial charge in [0, 0.05) is 37.0 Å². The maximum absolute atomic E-state index is 12.5. The first kappa shape index (κ1) is 23.7. The molecule has 1 aliphatic rings. The van der Waals surface area contributed by atoms with E-state index in [1.807, 2.05) is 30.3 Å². The number of amides is 2. The molecule has 0 saturated carbocycles. The van der Waals surface area contributed by atoms with Gasteiger partial charge in [-0.3, -0.25) is 10.3 Å². The van der Waals surface area contributed by atoms with Gasteiger partial charge in [0.15, 0.2) is 11.4 Å². The van der Waals surface area contributed by atoms with Crippen molar-refractivity contribution in [3.8, 4) is 5.75 Å². The van der Waals surface area contributed by atoms with Gasteiger partial charge >= 0.3 is 12.2 Å². The topological polar surface area (TPSA) is 111 Å². The number of pyridine rings is 1. The second-order valence-corrected chi connectivity index (χ2v) is 9.15. The molecule has 0 aliphatic carbocycles. The Kier molecular flexibility index (Phi) is 7.08. The van der Waals surface area contributed by atoms with Gasteiger partial charge in [-0.2, -0.15) is 9.61 Å². The predicted molar refractivity (Wildman–Crippen MR) is 135 cm³/mol. The maximum Gasteiger partial charge on any atom is 0.418 e. The van der Waals surface area contributed by atoms with Crippen LogP contribution in [0.5, 0.6) is 5.75 Å². The minimum Gasteiger partial charge on any atom is -0.445 e. The van der Waals surface area contributed by atoms with Gasteiger partial charge in [-0.25, -0.2) is 14.6 Å². The number of piperidine rings is 1. The van der Waals surface area contributed by atoms with Crippen molar-refractivity contribution in [1.29, 1.82) is 0 Å². The molecule has 4 aromatic rings. The van der Waals surface area contributed by atoms with Gasteiger partial charge < -0.3 is 14.4 Å². The molecule has 1 aromatic carbocycles. The summed E-state index contributed by atoms with van der Waals surface area (Å²) in [4.78, 5) is 35.5. The standard InChI is InChI=1S/C25H23BrN6O4/c26-20-15-28-32-22(30-24(33)36-19-7-4-10-27-14-19)13-21(29-23(20)32)18-8-11-31(12-9-18)25(34)35-16-17-5-2-1-3-6-17/h1-7,10,13-15,18H,8-9,11-12,16H2,(H,30,33). The Labute approximate surface area is 215 Å². The summed E-state index contributed by atoms with van der Waals surface area (Å²) >= 11 is 3.48. The van der Waals surface area contributed by atoms with Crippen molar-refractivity contribution in [2.24, 2.45) is 0 Å². The highest BCUT2D eigenvalue weighted by atomic mass is 79.9. The third-order valence-electron chi connectivity index (χ3n) is 5.90. The smallest absolute Gasteiger partial charge is 0.418 e. The Morgan fingerprint density at radius 3 is 2.64 bits per heavy atom. The van der Waals surface area contributed by atoms with E-state index in [9.17, 15) is 9.59 Å². The zero-order valence-electron chi connectivity index (χ0n) is 19.2. The van der Waals surface area contributed by atoms with Gasteiger partial charge in [-0.15, -0.1) is 0 Å². The van der Waals surface area contributed by atoms with Crippen molar-refractivity contribution < 1.29 is 19.1 Å². The fourth-order valence-corrected chi connectivity index (χ4v) is 4.41. The Balaban J connectivity index is 1.25. The van der Waals surface area contributed by atoms with Crippen LogP contribution in [-0.2, 0) is 11.3 Å². The molecule has 3 aromatic heterocycles. The molecule has 0 spiro atoms. The molecule has 0 unspecified atom stereocenters. The summed E-state index contributed by atoms with van der Waals surface area (Å²) in [6.45, 7) is 1.35. The first-order valence-electron chi connectivity index (χ1n) is 11.5. The third-order valence-corrected chi connectivity index (χ3v) is 6.46. The average Bonchev–Trinajstić information content (AvgIpc) is 3.29. The molecule has 4 heterocycles. The lowest BCUT2D eigenvalue weighted by atomic mass is 9.93. The molecule has 1 saturated heterocycles. The highest BCUT2D eigenvalue weighted by molar-refractivity contribution is 9.10. The molecule has 184 valence electrons. The summed E-state index contributed by atoms with van der Waals surface area (Å²) in [6, 6.07) is 14.7. The highest BCUT2D eigenvalue weighted by Crippen LogP contribution is 2.31.